The average molecular weight is 394 g/mol. The second kappa shape index (κ2) is 8.97. The van der Waals surface area contributed by atoms with E-state index in [1.807, 2.05) is 44.2 Å². The van der Waals surface area contributed by atoms with Gasteiger partial charge in [-0.3, -0.25) is 0 Å². The standard InChI is InChI=1S/C24H26O5/c1-3-18(15-10-12-17(25)13-11-15)22-20(26)14-21(29-24(22)28)19(4-2)23(27)16-8-6-5-7-9-16/h5-14,18-19,23,25-27H,3-4H2,1-2H3. The molecule has 0 spiro atoms. The van der Waals surface area contributed by atoms with Gasteiger partial charge in [0.05, 0.1) is 11.7 Å². The van der Waals surface area contributed by atoms with Crippen molar-refractivity contribution in [1.82, 2.24) is 0 Å². The van der Waals surface area contributed by atoms with Crippen molar-refractivity contribution in [3.63, 3.8) is 0 Å². The Hall–Kier alpha value is -3.05. The zero-order valence-corrected chi connectivity index (χ0v) is 16.6. The molecule has 29 heavy (non-hydrogen) atoms. The average Bonchev–Trinajstić information content (AvgIpc) is 2.72. The first-order chi connectivity index (χ1) is 14.0. The molecule has 3 aromatic rings. The smallest absolute Gasteiger partial charge is 0.343 e. The van der Waals surface area contributed by atoms with Crippen molar-refractivity contribution < 1.29 is 19.7 Å². The Morgan fingerprint density at radius 1 is 0.897 bits per heavy atom. The van der Waals surface area contributed by atoms with Gasteiger partial charge in [-0.05, 0) is 36.1 Å². The summed E-state index contributed by atoms with van der Waals surface area (Å²) in [6.07, 6.45) is 0.257. The van der Waals surface area contributed by atoms with E-state index in [-0.39, 0.29) is 28.7 Å². The summed E-state index contributed by atoms with van der Waals surface area (Å²) in [5.74, 6) is -0.569. The van der Waals surface area contributed by atoms with Crippen LogP contribution in [-0.4, -0.2) is 15.3 Å². The van der Waals surface area contributed by atoms with E-state index in [9.17, 15) is 20.1 Å². The third kappa shape index (κ3) is 4.35. The van der Waals surface area contributed by atoms with Crippen molar-refractivity contribution >= 4 is 0 Å². The highest BCUT2D eigenvalue weighted by Crippen LogP contribution is 2.37. The van der Waals surface area contributed by atoms with Crippen molar-refractivity contribution in [3.8, 4) is 11.5 Å². The minimum atomic E-state index is -0.853. The molecule has 0 aliphatic rings. The molecule has 3 N–H and O–H groups in total. The molecule has 3 unspecified atom stereocenters. The van der Waals surface area contributed by atoms with Gasteiger partial charge < -0.3 is 19.7 Å². The first-order valence-electron chi connectivity index (χ1n) is 9.85. The number of phenolic OH excluding ortho intramolecular Hbond substituents is 1. The first-order valence-corrected chi connectivity index (χ1v) is 9.85. The Bertz CT molecular complexity index is 992. The summed E-state index contributed by atoms with van der Waals surface area (Å²) >= 11 is 0. The Kier molecular flexibility index (Phi) is 6.39. The Morgan fingerprint density at radius 2 is 1.55 bits per heavy atom. The minimum absolute atomic E-state index is 0.135. The van der Waals surface area contributed by atoms with Gasteiger partial charge in [0.25, 0.3) is 0 Å². The van der Waals surface area contributed by atoms with Gasteiger partial charge in [0.15, 0.2) is 0 Å². The number of aliphatic hydroxyl groups is 1. The number of hydrogen-bond donors (Lipinski definition) is 3. The van der Waals surface area contributed by atoms with Crippen LogP contribution in [0.1, 0.15) is 67.1 Å². The van der Waals surface area contributed by atoms with Crippen molar-refractivity contribution in [1.29, 1.82) is 0 Å². The van der Waals surface area contributed by atoms with E-state index in [0.29, 0.717) is 12.8 Å². The van der Waals surface area contributed by atoms with Crippen LogP contribution in [0.3, 0.4) is 0 Å². The van der Waals surface area contributed by atoms with Gasteiger partial charge in [0, 0.05) is 17.9 Å². The van der Waals surface area contributed by atoms with Crippen molar-refractivity contribution in [2.45, 2.75) is 44.6 Å². The van der Waals surface area contributed by atoms with Gasteiger partial charge in [-0.25, -0.2) is 4.79 Å². The zero-order valence-electron chi connectivity index (χ0n) is 16.6. The summed E-state index contributed by atoms with van der Waals surface area (Å²) in [5, 5.41) is 31.0. The van der Waals surface area contributed by atoms with Crippen LogP contribution < -0.4 is 5.63 Å². The second-order valence-corrected chi connectivity index (χ2v) is 7.16. The summed E-state index contributed by atoms with van der Waals surface area (Å²) in [5.41, 5.74) is 1.10. The van der Waals surface area contributed by atoms with Gasteiger partial charge in [0.1, 0.15) is 17.3 Å². The highest BCUT2D eigenvalue weighted by Gasteiger charge is 2.28. The van der Waals surface area contributed by atoms with Crippen LogP contribution >= 0.6 is 0 Å². The highest BCUT2D eigenvalue weighted by atomic mass is 16.4. The lowest BCUT2D eigenvalue weighted by Gasteiger charge is -2.22. The molecule has 3 atom stereocenters. The van der Waals surface area contributed by atoms with Crippen LogP contribution in [0.4, 0.5) is 0 Å². The van der Waals surface area contributed by atoms with Crippen molar-refractivity contribution in [2.75, 3.05) is 0 Å². The maximum Gasteiger partial charge on any atom is 0.343 e. The normalized spacial score (nSPS) is 14.3. The molecule has 0 radical (unpaired) electrons. The van der Waals surface area contributed by atoms with Crippen LogP contribution in [0, 0.1) is 0 Å². The van der Waals surface area contributed by atoms with E-state index < -0.39 is 17.6 Å². The fraction of sp³-hybridized carbons (Fsp3) is 0.292. The molecule has 152 valence electrons. The fourth-order valence-corrected chi connectivity index (χ4v) is 3.79. The van der Waals surface area contributed by atoms with Gasteiger partial charge in [0.2, 0.25) is 0 Å². The van der Waals surface area contributed by atoms with Gasteiger partial charge in [-0.1, -0.05) is 56.3 Å². The molecular formula is C24H26O5. The molecule has 1 heterocycles. The van der Waals surface area contributed by atoms with Crippen LogP contribution in [0.2, 0.25) is 0 Å². The molecule has 0 amide bonds. The van der Waals surface area contributed by atoms with Crippen molar-refractivity contribution in [2.24, 2.45) is 0 Å². The molecule has 5 nitrogen and oxygen atoms in total. The van der Waals surface area contributed by atoms with E-state index in [0.717, 1.165) is 11.1 Å². The van der Waals surface area contributed by atoms with Gasteiger partial charge in [-0.2, -0.15) is 0 Å². The number of aromatic hydroxyl groups is 2. The quantitative estimate of drug-likeness (QED) is 0.534. The van der Waals surface area contributed by atoms with Crippen LogP contribution in [0.25, 0.3) is 0 Å². The van der Waals surface area contributed by atoms with Crippen LogP contribution in [-0.2, 0) is 0 Å². The summed E-state index contributed by atoms with van der Waals surface area (Å²) in [6, 6.07) is 17.2. The Labute approximate surface area is 169 Å². The van der Waals surface area contributed by atoms with E-state index in [1.54, 1.807) is 24.3 Å². The maximum absolute atomic E-state index is 12.8. The zero-order chi connectivity index (χ0) is 21.0. The van der Waals surface area contributed by atoms with Crippen molar-refractivity contribution in [3.05, 3.63) is 93.5 Å². The summed E-state index contributed by atoms with van der Waals surface area (Å²) in [4.78, 5) is 12.8. The molecule has 0 saturated carbocycles. The highest BCUT2D eigenvalue weighted by molar-refractivity contribution is 5.41. The lowest BCUT2D eigenvalue weighted by molar-refractivity contribution is 0.129. The molecule has 2 aromatic carbocycles. The molecule has 3 rings (SSSR count). The minimum Gasteiger partial charge on any atom is -0.508 e. The van der Waals surface area contributed by atoms with E-state index in [4.69, 9.17) is 4.42 Å². The molecular weight excluding hydrogens is 368 g/mol. The summed E-state index contributed by atoms with van der Waals surface area (Å²) in [7, 11) is 0. The van der Waals surface area contributed by atoms with E-state index >= 15 is 0 Å². The summed E-state index contributed by atoms with van der Waals surface area (Å²) < 4.78 is 5.59. The molecule has 0 bridgehead atoms. The third-order valence-electron chi connectivity index (χ3n) is 5.37. The number of aliphatic hydroxyl groups excluding tert-OH is 1. The Balaban J connectivity index is 2.00. The SMILES string of the molecule is CCC(c1ccc(O)cc1)c1c(O)cc(C(CC)C(O)c2ccccc2)oc1=O. The van der Waals surface area contributed by atoms with Crippen LogP contribution in [0.15, 0.2) is 69.9 Å². The topological polar surface area (TPSA) is 90.9 Å². The van der Waals surface area contributed by atoms with Crippen LogP contribution in [0.5, 0.6) is 11.5 Å². The monoisotopic (exact) mass is 394 g/mol. The number of rotatable bonds is 7. The maximum atomic E-state index is 12.8. The third-order valence-corrected chi connectivity index (χ3v) is 5.37. The van der Waals surface area contributed by atoms with E-state index in [1.165, 1.54) is 6.07 Å². The lowest BCUT2D eigenvalue weighted by Crippen LogP contribution is -2.17. The Morgan fingerprint density at radius 3 is 2.10 bits per heavy atom. The van der Waals surface area contributed by atoms with E-state index in [2.05, 4.69) is 0 Å². The number of phenols is 1. The predicted molar refractivity (Wildman–Crippen MR) is 111 cm³/mol. The number of benzene rings is 2. The lowest BCUT2D eigenvalue weighted by atomic mass is 9.87. The molecule has 1 aromatic heterocycles. The van der Waals surface area contributed by atoms with Gasteiger partial charge >= 0.3 is 5.63 Å². The molecule has 0 aliphatic heterocycles. The van der Waals surface area contributed by atoms with Gasteiger partial charge in [-0.15, -0.1) is 0 Å². The fourth-order valence-electron chi connectivity index (χ4n) is 3.79. The predicted octanol–water partition coefficient (Wildman–Crippen LogP) is 4.82. The number of hydrogen-bond acceptors (Lipinski definition) is 5. The molecule has 0 aliphatic carbocycles. The molecule has 5 heteroatoms. The largest absolute Gasteiger partial charge is 0.508 e. The summed E-state index contributed by atoms with van der Waals surface area (Å²) in [6.45, 7) is 3.81. The molecule has 0 saturated heterocycles. The second-order valence-electron chi connectivity index (χ2n) is 7.16. The molecule has 0 fully saturated rings. The first kappa shape index (κ1) is 20.7.